The van der Waals surface area contributed by atoms with E-state index < -0.39 is 33.2 Å². The molecule has 1 amide bonds. The minimum absolute atomic E-state index is 0.0207. The summed E-state index contributed by atoms with van der Waals surface area (Å²) in [5.74, 6) is -1.40. The first-order valence-corrected chi connectivity index (χ1v) is 13.4. The van der Waals surface area contributed by atoms with Gasteiger partial charge in [-0.3, -0.25) is 4.79 Å². The number of hydrogen-bond donors (Lipinski definition) is 1. The van der Waals surface area contributed by atoms with Gasteiger partial charge in [-0.25, -0.2) is 12.8 Å². The van der Waals surface area contributed by atoms with Crippen molar-refractivity contribution in [2.24, 2.45) is 0 Å². The number of nitrogens with one attached hydrogen (secondary N) is 1. The largest absolute Gasteiger partial charge is 0.416 e. The van der Waals surface area contributed by atoms with E-state index in [1.807, 2.05) is 29.8 Å². The molecule has 0 aliphatic rings. The molecule has 0 bridgehead atoms. The quantitative estimate of drug-likeness (QED) is 0.302. The molecule has 0 saturated carbocycles. The average molecular weight is 533 g/mol. The van der Waals surface area contributed by atoms with Gasteiger partial charge in [-0.1, -0.05) is 24.3 Å². The van der Waals surface area contributed by atoms with E-state index >= 15 is 0 Å². The zero-order valence-corrected chi connectivity index (χ0v) is 20.8. The Balaban J connectivity index is 1.53. The van der Waals surface area contributed by atoms with Crippen LogP contribution in [0.15, 0.2) is 72.9 Å². The number of carbonyl (C=O) groups excluding carboxylic acids is 1. The molecule has 4 rings (SSSR count). The summed E-state index contributed by atoms with van der Waals surface area (Å²) in [6, 6.07) is 16.2. The van der Waals surface area contributed by atoms with E-state index in [4.69, 9.17) is 0 Å². The number of fused-ring (bicyclic) bond motifs is 1. The lowest BCUT2D eigenvalue weighted by Crippen LogP contribution is -2.24. The van der Waals surface area contributed by atoms with Crippen LogP contribution in [0.4, 0.5) is 17.6 Å². The number of benzene rings is 3. The molecule has 1 aromatic heterocycles. The third kappa shape index (κ3) is 6.19. The van der Waals surface area contributed by atoms with E-state index in [0.29, 0.717) is 0 Å². The smallest absolute Gasteiger partial charge is 0.348 e. The van der Waals surface area contributed by atoms with Gasteiger partial charge in [0.15, 0.2) is 9.84 Å². The molecule has 1 atom stereocenters. The highest BCUT2D eigenvalue weighted by Gasteiger charge is 2.33. The van der Waals surface area contributed by atoms with Gasteiger partial charge in [0.05, 0.1) is 17.4 Å². The molecule has 37 heavy (non-hydrogen) atoms. The summed E-state index contributed by atoms with van der Waals surface area (Å²) in [5.41, 5.74) is 0.719. The second-order valence-corrected chi connectivity index (χ2v) is 11.1. The molecule has 1 heterocycles. The third-order valence-corrected chi connectivity index (χ3v) is 6.94. The van der Waals surface area contributed by atoms with Crippen LogP contribution < -0.4 is 5.32 Å². The predicted molar refractivity (Wildman–Crippen MR) is 133 cm³/mol. The lowest BCUT2D eigenvalue weighted by atomic mass is 10.0. The Labute approximate surface area is 211 Å². The molecule has 1 unspecified atom stereocenters. The van der Waals surface area contributed by atoms with Crippen molar-refractivity contribution >= 4 is 26.6 Å². The topological polar surface area (TPSA) is 68.2 Å². The normalized spacial score (nSPS) is 13.0. The van der Waals surface area contributed by atoms with Gasteiger partial charge in [0.25, 0.3) is 5.91 Å². The minimum Gasteiger partial charge on any atom is -0.348 e. The predicted octanol–water partition coefficient (Wildman–Crippen LogP) is 5.88. The lowest BCUT2D eigenvalue weighted by Gasteiger charge is -2.16. The van der Waals surface area contributed by atoms with E-state index in [0.717, 1.165) is 28.8 Å². The second-order valence-electron chi connectivity index (χ2n) is 8.97. The third-order valence-electron chi connectivity index (χ3n) is 6.08. The van der Waals surface area contributed by atoms with Crippen molar-refractivity contribution in [3.8, 4) is 0 Å². The number of hydrogen-bond acceptors (Lipinski definition) is 3. The number of aromatic nitrogens is 1. The summed E-state index contributed by atoms with van der Waals surface area (Å²) in [7, 11) is -3.51. The van der Waals surface area contributed by atoms with Crippen molar-refractivity contribution in [2.45, 2.75) is 31.4 Å². The highest BCUT2D eigenvalue weighted by atomic mass is 32.2. The Morgan fingerprint density at radius 3 is 2.46 bits per heavy atom. The van der Waals surface area contributed by atoms with Gasteiger partial charge in [-0.2, -0.15) is 13.2 Å². The number of amides is 1. The molecule has 0 aliphatic heterocycles. The highest BCUT2D eigenvalue weighted by Crippen LogP contribution is 2.33. The molecule has 194 valence electrons. The van der Waals surface area contributed by atoms with Crippen LogP contribution in [0.1, 0.15) is 45.6 Å². The maximum absolute atomic E-state index is 13.7. The first-order valence-electron chi connectivity index (χ1n) is 11.3. The maximum Gasteiger partial charge on any atom is 0.416 e. The van der Waals surface area contributed by atoms with Crippen molar-refractivity contribution < 1.29 is 30.8 Å². The number of rotatable bonds is 7. The maximum atomic E-state index is 13.7. The van der Waals surface area contributed by atoms with E-state index in [1.165, 1.54) is 24.3 Å². The number of alkyl halides is 3. The second kappa shape index (κ2) is 10.0. The first-order chi connectivity index (χ1) is 17.3. The molecular formula is C27H24F4N2O3S. The molecule has 0 aliphatic carbocycles. The van der Waals surface area contributed by atoms with Gasteiger partial charge < -0.3 is 9.88 Å². The summed E-state index contributed by atoms with van der Waals surface area (Å²) in [4.78, 5) is 12.8. The van der Waals surface area contributed by atoms with Crippen molar-refractivity contribution in [1.29, 1.82) is 0 Å². The van der Waals surface area contributed by atoms with Crippen LogP contribution in [0.2, 0.25) is 0 Å². The summed E-state index contributed by atoms with van der Waals surface area (Å²) in [6.45, 7) is 1.54. The van der Waals surface area contributed by atoms with Crippen molar-refractivity contribution in [1.82, 2.24) is 9.88 Å². The Kier molecular flexibility index (Phi) is 7.14. The van der Waals surface area contributed by atoms with Crippen molar-refractivity contribution in [2.75, 3.05) is 6.26 Å². The zero-order chi connectivity index (χ0) is 27.0. The molecule has 0 spiro atoms. The Morgan fingerprint density at radius 2 is 1.78 bits per heavy atom. The van der Waals surface area contributed by atoms with Crippen LogP contribution in [0, 0.1) is 5.82 Å². The summed E-state index contributed by atoms with van der Waals surface area (Å²) < 4.78 is 79.4. The van der Waals surface area contributed by atoms with Gasteiger partial charge in [0.2, 0.25) is 0 Å². The summed E-state index contributed by atoms with van der Waals surface area (Å²) >= 11 is 0. The molecule has 3 aromatic carbocycles. The fourth-order valence-corrected chi connectivity index (χ4v) is 5.07. The molecule has 10 heteroatoms. The molecule has 1 N–H and O–H groups in total. The monoisotopic (exact) mass is 532 g/mol. The van der Waals surface area contributed by atoms with Crippen molar-refractivity contribution in [3.05, 3.63) is 107 Å². The molecular weight excluding hydrogens is 508 g/mol. The van der Waals surface area contributed by atoms with Gasteiger partial charge in [0, 0.05) is 35.5 Å². The van der Waals surface area contributed by atoms with E-state index in [-0.39, 0.29) is 35.1 Å². The summed E-state index contributed by atoms with van der Waals surface area (Å²) in [6.07, 6.45) is -1.94. The fourth-order valence-electron chi connectivity index (χ4n) is 4.28. The van der Waals surface area contributed by atoms with Gasteiger partial charge >= 0.3 is 6.18 Å². The van der Waals surface area contributed by atoms with Crippen LogP contribution in [0.3, 0.4) is 0 Å². The molecule has 0 radical (unpaired) electrons. The molecule has 0 fully saturated rings. The van der Waals surface area contributed by atoms with E-state index in [1.54, 1.807) is 24.3 Å². The van der Waals surface area contributed by atoms with Gasteiger partial charge in [-0.05, 0) is 66.1 Å². The lowest BCUT2D eigenvalue weighted by molar-refractivity contribution is -0.138. The Morgan fingerprint density at radius 1 is 1.03 bits per heavy atom. The average Bonchev–Trinajstić information content (AvgIpc) is 3.24. The van der Waals surface area contributed by atoms with Crippen LogP contribution in [0.5, 0.6) is 0 Å². The van der Waals surface area contributed by atoms with Gasteiger partial charge in [-0.15, -0.1) is 0 Å². The number of halogens is 4. The van der Waals surface area contributed by atoms with Crippen LogP contribution in [0.25, 0.3) is 10.9 Å². The molecule has 5 nitrogen and oxygen atoms in total. The first kappa shape index (κ1) is 26.4. The van der Waals surface area contributed by atoms with Crippen LogP contribution >= 0.6 is 0 Å². The Hall–Kier alpha value is -3.66. The van der Waals surface area contributed by atoms with Gasteiger partial charge in [0.1, 0.15) is 5.82 Å². The minimum atomic E-state index is -4.71. The Bertz CT molecular complexity index is 1580. The zero-order valence-electron chi connectivity index (χ0n) is 20.0. The standard InChI is InChI=1S/C27H24F4N2O3S/c1-17(19-4-3-5-23(28)14-19)33-11-10-20-13-21(8-9-25(20)33)26(34)32-15-22-7-6-18(16-37(2,35)36)12-24(22)27(29,30)31/h3-14,17H,15-16H2,1-2H3,(H,32,34). The van der Waals surface area contributed by atoms with Crippen LogP contribution in [-0.4, -0.2) is 25.1 Å². The van der Waals surface area contributed by atoms with Crippen LogP contribution in [-0.2, 0) is 28.3 Å². The number of nitrogens with zero attached hydrogens (tertiary/aromatic N) is 1. The van der Waals surface area contributed by atoms with E-state index in [2.05, 4.69) is 5.32 Å². The SMILES string of the molecule is CC(c1cccc(F)c1)n1ccc2cc(C(=O)NCc3ccc(CS(C)(=O)=O)cc3C(F)(F)F)ccc21. The highest BCUT2D eigenvalue weighted by molar-refractivity contribution is 7.89. The van der Waals surface area contributed by atoms with Crippen molar-refractivity contribution in [3.63, 3.8) is 0 Å². The number of sulfone groups is 1. The number of carbonyl (C=O) groups is 1. The molecule has 4 aromatic rings. The fraction of sp³-hybridized carbons (Fsp3) is 0.222. The molecule has 0 saturated heterocycles. The van der Waals surface area contributed by atoms with E-state index in [9.17, 15) is 30.8 Å². The summed E-state index contributed by atoms with van der Waals surface area (Å²) in [5, 5.41) is 3.26.